The lowest BCUT2D eigenvalue weighted by atomic mass is 10.0. The number of fused-ring (bicyclic) bond motifs is 3. The van der Waals surface area contributed by atoms with Crippen LogP contribution in [0.2, 0.25) is 0 Å². The molecule has 2 aromatic heterocycles. The highest BCUT2D eigenvalue weighted by Gasteiger charge is 2.34. The first-order valence-electron chi connectivity index (χ1n) is 9.67. The van der Waals surface area contributed by atoms with Crippen LogP contribution < -0.4 is 0 Å². The van der Waals surface area contributed by atoms with Gasteiger partial charge in [-0.25, -0.2) is 4.98 Å². The molecule has 6 rings (SSSR count). The maximum atomic E-state index is 13.0. The number of halogens is 2. The average Bonchev–Trinajstić information content (AvgIpc) is 3.42. The third-order valence-corrected chi connectivity index (χ3v) is 8.29. The fourth-order valence-corrected chi connectivity index (χ4v) is 5.53. The molecule has 0 unspecified atom stereocenters. The lowest BCUT2D eigenvalue weighted by molar-refractivity contribution is 0.0990. The Labute approximate surface area is 202 Å². The first-order chi connectivity index (χ1) is 15.5. The molecule has 0 bridgehead atoms. The minimum atomic E-state index is -0.288. The molecule has 7 heteroatoms. The Bertz CT molecular complexity index is 1540. The van der Waals surface area contributed by atoms with Gasteiger partial charge in [-0.1, -0.05) is 30.3 Å². The normalized spacial score (nSPS) is 13.4. The van der Waals surface area contributed by atoms with Crippen LogP contribution in [0.5, 0.6) is 0 Å². The van der Waals surface area contributed by atoms with E-state index in [4.69, 9.17) is 4.42 Å². The summed E-state index contributed by atoms with van der Waals surface area (Å²) in [6.07, 6.45) is 1.53. The molecule has 0 N–H and O–H groups in total. The van der Waals surface area contributed by atoms with Crippen LogP contribution in [0.25, 0.3) is 37.8 Å². The number of benzene rings is 3. The van der Waals surface area contributed by atoms with Crippen LogP contribution in [0.3, 0.4) is 0 Å². The molecule has 0 amide bonds. The van der Waals surface area contributed by atoms with E-state index >= 15 is 0 Å². The van der Waals surface area contributed by atoms with Crippen LogP contribution >= 0.6 is 43.2 Å². The smallest absolute Gasteiger partial charge is 0.238 e. The number of allylic oxidation sites excluding steroid dienone is 1. The average molecular weight is 565 g/mol. The first-order valence-corrected chi connectivity index (χ1v) is 12.1. The molecular formula is C25H11Br2NO3S. The summed E-state index contributed by atoms with van der Waals surface area (Å²) >= 11 is 8.48. The third kappa shape index (κ3) is 3.11. The van der Waals surface area contributed by atoms with Crippen LogP contribution in [0, 0.1) is 0 Å². The Morgan fingerprint density at radius 1 is 0.844 bits per heavy atom. The molecule has 0 spiro atoms. The zero-order chi connectivity index (χ0) is 22.0. The standard InChI is InChI=1S/C25H11Br2NO3S/c26-19-8-13-6-16-17(7-14(13)9-20(19)27)23(30)18(22(16)29)10-15-11-21-24(31-15)28-25(32-21)12-4-2-1-3-5-12/h1-11H. The van der Waals surface area contributed by atoms with Crippen molar-refractivity contribution in [1.82, 2.24) is 4.98 Å². The fraction of sp³-hybridized carbons (Fsp3) is 0. The number of nitrogens with zero attached hydrogens (tertiary/aromatic N) is 1. The van der Waals surface area contributed by atoms with Gasteiger partial charge in [0.1, 0.15) is 10.8 Å². The van der Waals surface area contributed by atoms with Gasteiger partial charge in [0.25, 0.3) is 0 Å². The van der Waals surface area contributed by atoms with Crippen LogP contribution in [-0.4, -0.2) is 16.6 Å². The maximum Gasteiger partial charge on any atom is 0.238 e. The van der Waals surface area contributed by atoms with Crippen molar-refractivity contribution in [1.29, 1.82) is 0 Å². The molecule has 0 saturated heterocycles. The van der Waals surface area contributed by atoms with Gasteiger partial charge < -0.3 is 4.42 Å². The SMILES string of the molecule is O=C1C(=Cc2cc3sc(-c4ccccc4)nc3o2)C(=O)c2cc3cc(Br)c(Br)cc3cc21. The van der Waals surface area contributed by atoms with Gasteiger partial charge in [-0.15, -0.1) is 11.3 Å². The van der Waals surface area contributed by atoms with Crippen molar-refractivity contribution in [3.05, 3.63) is 92.1 Å². The van der Waals surface area contributed by atoms with Gasteiger partial charge in [-0.2, -0.15) is 0 Å². The van der Waals surface area contributed by atoms with Gasteiger partial charge in [0.05, 0.1) is 10.3 Å². The largest absolute Gasteiger partial charge is 0.437 e. The summed E-state index contributed by atoms with van der Waals surface area (Å²) in [5, 5.41) is 2.64. The molecule has 0 saturated carbocycles. The molecule has 0 radical (unpaired) electrons. The molecule has 0 atom stereocenters. The van der Waals surface area contributed by atoms with Gasteiger partial charge in [-0.05, 0) is 73.0 Å². The monoisotopic (exact) mass is 563 g/mol. The Morgan fingerprint density at radius 2 is 1.47 bits per heavy atom. The zero-order valence-electron chi connectivity index (χ0n) is 16.2. The minimum absolute atomic E-state index is 0.109. The van der Waals surface area contributed by atoms with Crippen LogP contribution in [-0.2, 0) is 0 Å². The van der Waals surface area contributed by atoms with E-state index in [2.05, 4.69) is 36.8 Å². The topological polar surface area (TPSA) is 60.2 Å². The van der Waals surface area contributed by atoms with Crippen molar-refractivity contribution in [3.63, 3.8) is 0 Å². The highest BCUT2D eigenvalue weighted by Crippen LogP contribution is 2.37. The fourth-order valence-electron chi connectivity index (χ4n) is 3.86. The number of furan rings is 1. The van der Waals surface area contributed by atoms with E-state index in [0.29, 0.717) is 22.6 Å². The van der Waals surface area contributed by atoms with Crippen LogP contribution in [0.1, 0.15) is 26.5 Å². The van der Waals surface area contributed by atoms with Crippen molar-refractivity contribution < 1.29 is 14.0 Å². The van der Waals surface area contributed by atoms with Crippen molar-refractivity contribution in [3.8, 4) is 10.6 Å². The van der Waals surface area contributed by atoms with Gasteiger partial charge in [0.2, 0.25) is 5.71 Å². The second-order valence-electron chi connectivity index (χ2n) is 7.43. The van der Waals surface area contributed by atoms with Crippen molar-refractivity contribution in [2.45, 2.75) is 0 Å². The van der Waals surface area contributed by atoms with E-state index < -0.39 is 0 Å². The van der Waals surface area contributed by atoms with E-state index in [1.807, 2.05) is 48.5 Å². The molecule has 0 fully saturated rings. The number of ketones is 2. The van der Waals surface area contributed by atoms with Crippen LogP contribution in [0.4, 0.5) is 0 Å². The van der Waals surface area contributed by atoms with E-state index in [1.54, 1.807) is 12.1 Å². The lowest BCUT2D eigenvalue weighted by Gasteiger charge is -2.04. The second kappa shape index (κ2) is 7.33. The Balaban J connectivity index is 1.39. The maximum absolute atomic E-state index is 13.0. The van der Waals surface area contributed by atoms with E-state index in [9.17, 15) is 9.59 Å². The number of carbonyl (C=O) groups excluding carboxylic acids is 2. The number of aromatic nitrogens is 1. The molecule has 1 aliphatic carbocycles. The molecule has 0 aliphatic heterocycles. The first kappa shape index (κ1) is 19.8. The zero-order valence-corrected chi connectivity index (χ0v) is 20.2. The molecule has 32 heavy (non-hydrogen) atoms. The number of hydrogen-bond acceptors (Lipinski definition) is 5. The van der Waals surface area contributed by atoms with Gasteiger partial charge in [0, 0.05) is 31.7 Å². The summed E-state index contributed by atoms with van der Waals surface area (Å²) in [6.45, 7) is 0. The molecule has 4 nitrogen and oxygen atoms in total. The number of thiazole rings is 1. The summed E-state index contributed by atoms with van der Waals surface area (Å²) in [5.41, 5.74) is 2.46. The second-order valence-corrected chi connectivity index (χ2v) is 10.2. The Kier molecular flexibility index (Phi) is 4.54. The Hall–Kier alpha value is -2.87. The van der Waals surface area contributed by atoms with Crippen molar-refractivity contribution >= 4 is 82.0 Å². The predicted molar refractivity (Wildman–Crippen MR) is 133 cm³/mol. The van der Waals surface area contributed by atoms with E-state index in [0.717, 1.165) is 35.0 Å². The highest BCUT2D eigenvalue weighted by atomic mass is 79.9. The third-order valence-electron chi connectivity index (χ3n) is 5.41. The quantitative estimate of drug-likeness (QED) is 0.163. The van der Waals surface area contributed by atoms with E-state index in [1.165, 1.54) is 17.4 Å². The molecule has 5 aromatic rings. The summed E-state index contributed by atoms with van der Waals surface area (Å²) in [6, 6.07) is 19.1. The number of carbonyl (C=O) groups is 2. The lowest BCUT2D eigenvalue weighted by Crippen LogP contribution is -1.99. The van der Waals surface area contributed by atoms with Gasteiger partial charge in [0.15, 0.2) is 11.6 Å². The Morgan fingerprint density at radius 3 is 2.06 bits per heavy atom. The molecule has 1 aliphatic rings. The predicted octanol–water partition coefficient (Wildman–Crippen LogP) is 7.70. The summed E-state index contributed by atoms with van der Waals surface area (Å²) < 4.78 is 8.48. The minimum Gasteiger partial charge on any atom is -0.437 e. The summed E-state index contributed by atoms with van der Waals surface area (Å²) in [7, 11) is 0. The number of hydrogen-bond donors (Lipinski definition) is 0. The molecular weight excluding hydrogens is 554 g/mol. The molecule has 3 aromatic carbocycles. The van der Waals surface area contributed by atoms with Crippen LogP contribution in [0.15, 0.2) is 79.6 Å². The highest BCUT2D eigenvalue weighted by molar-refractivity contribution is 9.13. The molecule has 154 valence electrons. The number of Topliss-reactive ketones (excluding diaryl/α,β-unsaturated/α-hetero) is 2. The van der Waals surface area contributed by atoms with Gasteiger partial charge in [-0.3, -0.25) is 9.59 Å². The summed E-state index contributed by atoms with van der Waals surface area (Å²) in [4.78, 5) is 30.6. The van der Waals surface area contributed by atoms with Crippen molar-refractivity contribution in [2.75, 3.05) is 0 Å². The summed E-state index contributed by atoms with van der Waals surface area (Å²) in [5.74, 6) is -0.134. The van der Waals surface area contributed by atoms with Gasteiger partial charge >= 0.3 is 0 Å². The van der Waals surface area contributed by atoms with E-state index in [-0.39, 0.29) is 17.1 Å². The molecule has 2 heterocycles. The number of rotatable bonds is 2. The van der Waals surface area contributed by atoms with Crippen molar-refractivity contribution in [2.24, 2.45) is 0 Å².